The van der Waals surface area contributed by atoms with Gasteiger partial charge in [-0.25, -0.2) is 4.39 Å². The van der Waals surface area contributed by atoms with Crippen LogP contribution in [0.5, 0.6) is 0 Å². The molecule has 0 radical (unpaired) electrons. The zero-order chi connectivity index (χ0) is 30.6. The van der Waals surface area contributed by atoms with Crippen molar-refractivity contribution in [3.63, 3.8) is 0 Å². The van der Waals surface area contributed by atoms with Crippen molar-refractivity contribution < 1.29 is 23.5 Å². The van der Waals surface area contributed by atoms with Gasteiger partial charge in [0.1, 0.15) is 23.4 Å². The summed E-state index contributed by atoms with van der Waals surface area (Å²) in [4.78, 5) is 40.5. The van der Waals surface area contributed by atoms with Crippen molar-refractivity contribution in [2.45, 2.75) is 95.4 Å². The quantitative estimate of drug-likeness (QED) is 0.334. The van der Waals surface area contributed by atoms with Gasteiger partial charge in [-0.3, -0.25) is 14.4 Å². The van der Waals surface area contributed by atoms with Gasteiger partial charge in [-0.15, -0.1) is 0 Å². The summed E-state index contributed by atoms with van der Waals surface area (Å²) in [5, 5.41) is 6.93. The summed E-state index contributed by atoms with van der Waals surface area (Å²) >= 11 is 12.6. The Morgan fingerprint density at radius 2 is 1.93 bits per heavy atom. The highest BCUT2D eigenvalue weighted by atomic mass is 35.5. The van der Waals surface area contributed by atoms with E-state index in [0.29, 0.717) is 42.0 Å². The molecule has 1 spiro atoms. The SMILES string of the molecule is C[C@@H](N)C(=O)O[C@@H]1CCC(CC(=O)[C@@H]2N[C@H](CC(C)(C)C)[C@]3(C(=O)Nc4cc(Cl)ccc43)[C@H]2c2cccc(Cl)c2F)C1. The highest BCUT2D eigenvalue weighted by Crippen LogP contribution is 2.57. The van der Waals surface area contributed by atoms with Crippen molar-refractivity contribution >= 4 is 46.5 Å². The number of esters is 1. The fourth-order valence-electron chi connectivity index (χ4n) is 7.21. The fourth-order valence-corrected chi connectivity index (χ4v) is 7.56. The van der Waals surface area contributed by atoms with Crippen LogP contribution < -0.4 is 16.4 Å². The maximum absolute atomic E-state index is 15.9. The molecular formula is C32H38Cl2FN3O4. The van der Waals surface area contributed by atoms with Gasteiger partial charge in [-0.1, -0.05) is 62.2 Å². The van der Waals surface area contributed by atoms with Crippen molar-refractivity contribution in [3.8, 4) is 0 Å². The average molecular weight is 619 g/mol. The molecule has 3 aliphatic rings. The Balaban J connectivity index is 1.57. The molecular weight excluding hydrogens is 580 g/mol. The number of hydrogen-bond acceptors (Lipinski definition) is 6. The number of halogens is 3. The Morgan fingerprint density at radius 1 is 1.19 bits per heavy atom. The summed E-state index contributed by atoms with van der Waals surface area (Å²) in [7, 11) is 0. The normalized spacial score (nSPS) is 29.4. The van der Waals surface area contributed by atoms with Crippen molar-refractivity contribution in [2.75, 3.05) is 5.32 Å². The lowest BCUT2D eigenvalue weighted by Gasteiger charge is -2.37. The standard InChI is InChI=1S/C32H38Cl2FN3O4/c1-16(36)29(40)42-19-10-8-17(12-19)13-24(39)28-26(20-6-5-7-22(34)27(20)35)32(25(38-28)15-31(2,3)4)21-11-9-18(33)14-23(21)37-30(32)41/h5-7,9,11,14,16-17,19,25-26,28,38H,8,10,12-13,15,36H2,1-4H3,(H,37,41)/t16-,17?,19-,25-,26+,28+,32+/m1/s1. The number of nitrogens with one attached hydrogen (secondary N) is 2. The lowest BCUT2D eigenvalue weighted by Crippen LogP contribution is -2.49. The van der Waals surface area contributed by atoms with Crippen LogP contribution in [-0.4, -0.2) is 41.9 Å². The summed E-state index contributed by atoms with van der Waals surface area (Å²) < 4.78 is 21.4. The molecule has 7 nitrogen and oxygen atoms in total. The van der Waals surface area contributed by atoms with Crippen molar-refractivity contribution in [1.82, 2.24) is 5.32 Å². The highest BCUT2D eigenvalue weighted by Gasteiger charge is 2.66. The van der Waals surface area contributed by atoms with E-state index in [2.05, 4.69) is 31.4 Å². The molecule has 2 aliphatic heterocycles. The van der Waals surface area contributed by atoms with Gasteiger partial charge in [0, 0.05) is 29.1 Å². The van der Waals surface area contributed by atoms with Crippen LogP contribution in [0.4, 0.5) is 10.1 Å². The molecule has 2 aromatic rings. The van der Waals surface area contributed by atoms with Crippen LogP contribution >= 0.6 is 23.2 Å². The van der Waals surface area contributed by atoms with Gasteiger partial charge < -0.3 is 21.1 Å². The second kappa shape index (κ2) is 11.5. The third-order valence-corrected chi connectivity index (χ3v) is 9.45. The number of carbonyl (C=O) groups is 3. The molecule has 2 aromatic carbocycles. The molecule has 2 fully saturated rings. The molecule has 226 valence electrons. The van der Waals surface area contributed by atoms with Gasteiger partial charge in [0.05, 0.1) is 11.1 Å². The number of Topliss-reactive ketones (excluding diaryl/α,β-unsaturated/α-hetero) is 1. The Hall–Kier alpha value is -2.52. The van der Waals surface area contributed by atoms with Gasteiger partial charge in [-0.05, 0) is 73.3 Å². The Bertz CT molecular complexity index is 1410. The average Bonchev–Trinajstić information content (AvgIpc) is 3.55. The maximum Gasteiger partial charge on any atom is 0.322 e. The van der Waals surface area contributed by atoms with Crippen LogP contribution in [0.3, 0.4) is 0 Å². The molecule has 1 saturated carbocycles. The van der Waals surface area contributed by atoms with Crippen molar-refractivity contribution in [1.29, 1.82) is 0 Å². The van der Waals surface area contributed by atoms with Gasteiger partial charge in [0.2, 0.25) is 5.91 Å². The second-order valence-electron chi connectivity index (χ2n) is 13.3. The van der Waals surface area contributed by atoms with Crippen molar-refractivity contribution in [3.05, 3.63) is 63.4 Å². The Morgan fingerprint density at radius 3 is 2.62 bits per heavy atom. The first-order valence-corrected chi connectivity index (χ1v) is 15.3. The van der Waals surface area contributed by atoms with Crippen LogP contribution in [0.2, 0.25) is 10.0 Å². The molecule has 1 aliphatic carbocycles. The fraction of sp³-hybridized carbons (Fsp3) is 0.531. The molecule has 0 bridgehead atoms. The second-order valence-corrected chi connectivity index (χ2v) is 14.1. The molecule has 1 amide bonds. The maximum atomic E-state index is 15.9. The number of nitrogens with two attached hydrogens (primary N) is 1. The van der Waals surface area contributed by atoms with Gasteiger partial charge in [-0.2, -0.15) is 0 Å². The number of benzene rings is 2. The number of ether oxygens (including phenoxy) is 1. The number of carbonyl (C=O) groups excluding carboxylic acids is 3. The summed E-state index contributed by atoms with van der Waals surface area (Å²) in [6, 6.07) is 7.90. The molecule has 42 heavy (non-hydrogen) atoms. The zero-order valence-electron chi connectivity index (χ0n) is 24.3. The Labute approximate surface area is 256 Å². The number of anilines is 1. The van der Waals surface area contributed by atoms with E-state index in [1.54, 1.807) is 31.2 Å². The van der Waals surface area contributed by atoms with Gasteiger partial charge in [0.25, 0.3) is 0 Å². The van der Waals surface area contributed by atoms with Crippen LogP contribution in [0.15, 0.2) is 36.4 Å². The van der Waals surface area contributed by atoms with Gasteiger partial charge >= 0.3 is 5.97 Å². The van der Waals surface area contributed by atoms with Crippen LogP contribution in [0.1, 0.15) is 76.8 Å². The van der Waals surface area contributed by atoms with Crippen LogP contribution in [0, 0.1) is 17.2 Å². The largest absolute Gasteiger partial charge is 0.461 e. The monoisotopic (exact) mass is 617 g/mol. The zero-order valence-corrected chi connectivity index (χ0v) is 25.8. The first kappa shape index (κ1) is 30.9. The minimum Gasteiger partial charge on any atom is -0.461 e. The third kappa shape index (κ3) is 5.59. The lowest BCUT2D eigenvalue weighted by atomic mass is 9.62. The minimum absolute atomic E-state index is 0.0175. The first-order chi connectivity index (χ1) is 19.7. The van der Waals surface area contributed by atoms with E-state index < -0.39 is 41.2 Å². The molecule has 2 heterocycles. The predicted octanol–water partition coefficient (Wildman–Crippen LogP) is 5.90. The number of fused-ring (bicyclic) bond motifs is 2. The van der Waals surface area contributed by atoms with E-state index in [-0.39, 0.29) is 46.1 Å². The van der Waals surface area contributed by atoms with E-state index in [1.807, 2.05) is 6.07 Å². The van der Waals surface area contributed by atoms with Gasteiger partial charge in [0.15, 0.2) is 5.78 Å². The highest BCUT2D eigenvalue weighted by molar-refractivity contribution is 6.31. The molecule has 0 aromatic heterocycles. The molecule has 1 unspecified atom stereocenters. The minimum atomic E-state index is -1.29. The number of hydrogen-bond donors (Lipinski definition) is 3. The molecule has 4 N–H and O–H groups in total. The van der Waals surface area contributed by atoms with Crippen molar-refractivity contribution in [2.24, 2.45) is 17.1 Å². The summed E-state index contributed by atoms with van der Waals surface area (Å²) in [6.45, 7) is 7.80. The number of rotatable bonds is 7. The first-order valence-electron chi connectivity index (χ1n) is 14.5. The summed E-state index contributed by atoms with van der Waals surface area (Å²) in [6.07, 6.45) is 2.36. The molecule has 5 rings (SSSR count). The topological polar surface area (TPSA) is 111 Å². The summed E-state index contributed by atoms with van der Waals surface area (Å²) in [5.74, 6) is -2.40. The predicted molar refractivity (Wildman–Crippen MR) is 161 cm³/mol. The third-order valence-electron chi connectivity index (χ3n) is 8.92. The van der Waals surface area contributed by atoms with E-state index in [9.17, 15) is 14.4 Å². The molecule has 7 atom stereocenters. The number of amides is 1. The van der Waals surface area contributed by atoms with Crippen LogP contribution in [-0.2, 0) is 24.5 Å². The molecule has 10 heteroatoms. The van der Waals surface area contributed by atoms with E-state index in [4.69, 9.17) is 33.7 Å². The van der Waals surface area contributed by atoms with E-state index in [0.717, 1.165) is 0 Å². The Kier molecular flexibility index (Phi) is 8.49. The van der Waals surface area contributed by atoms with Crippen LogP contribution in [0.25, 0.3) is 0 Å². The summed E-state index contributed by atoms with van der Waals surface area (Å²) in [5.41, 5.74) is 5.61. The molecule has 1 saturated heterocycles. The van der Waals surface area contributed by atoms with E-state index in [1.165, 1.54) is 6.07 Å². The van der Waals surface area contributed by atoms with E-state index >= 15 is 4.39 Å². The smallest absolute Gasteiger partial charge is 0.322 e. The number of ketones is 1. The lowest BCUT2D eigenvalue weighted by molar-refractivity contribution is -0.150.